The number of imidazole rings is 1. The molecule has 4 nitrogen and oxygen atoms in total. The molecule has 0 aliphatic rings. The summed E-state index contributed by atoms with van der Waals surface area (Å²) in [5.74, 6) is 0.184. The minimum Gasteiger partial charge on any atom is -0.507 e. The van der Waals surface area contributed by atoms with Crippen molar-refractivity contribution < 1.29 is 27.5 Å². The number of para-hydroxylation sites is 2. The fraction of sp³-hybridized carbons (Fsp3) is 0.176. The summed E-state index contributed by atoms with van der Waals surface area (Å²) in [5.41, 5.74) is 14.7. The molecule has 0 aliphatic heterocycles. The van der Waals surface area contributed by atoms with E-state index in [1.807, 2.05) is 62.5 Å². The smallest absolute Gasteiger partial charge is 0.148 e. The van der Waals surface area contributed by atoms with Gasteiger partial charge in [-0.3, -0.25) is 9.55 Å². The first-order chi connectivity index (χ1) is 26.9. The normalized spacial score (nSPS) is 12.0. The molecular formula is C51H46N3OPt-. The number of aromatic hydroxyl groups is 1. The van der Waals surface area contributed by atoms with Crippen molar-refractivity contribution >= 4 is 11.0 Å². The number of hydrogen-bond donors (Lipinski definition) is 1. The van der Waals surface area contributed by atoms with Crippen LogP contribution in [0, 0.1) is 6.07 Å². The number of phenols is 1. The maximum atomic E-state index is 11.2. The number of phenolic OH excluding ortho intramolecular Hbond substituents is 1. The molecule has 6 aromatic carbocycles. The minimum atomic E-state index is -0.660. The second-order valence-corrected chi connectivity index (χ2v) is 15.5. The van der Waals surface area contributed by atoms with Crippen LogP contribution in [0.15, 0.2) is 146 Å². The molecule has 56 heavy (non-hydrogen) atoms. The van der Waals surface area contributed by atoms with Crippen molar-refractivity contribution in [2.24, 2.45) is 0 Å². The molecule has 0 saturated heterocycles. The standard InChI is InChI=1S/C51H46N3O.Pt/c1-7-34-31-42(24-25-43(34)37-14-9-8-10-15-37)54-47-18-13-17-44(49(47)53-50(54)45-16-11-12-19-48(45)55)39-28-40(30-41(29-39)51(4,5)6)46-32-38(26-27-52-46)36-22-20-35(21-23-36)33(2)3;/h8-27,29-33,55H,7H2,1-6H3;/q-1;/i33D;. The molecule has 0 amide bonds. The number of benzene rings is 6. The number of rotatable bonds is 8. The quantitative estimate of drug-likeness (QED) is 0.155. The third kappa shape index (κ3) is 7.51. The number of hydrogen-bond acceptors (Lipinski definition) is 3. The molecule has 0 saturated carbocycles. The molecule has 2 heterocycles. The maximum absolute atomic E-state index is 11.2. The zero-order valence-corrected chi connectivity index (χ0v) is 34.9. The molecular weight excluding hydrogens is 866 g/mol. The minimum absolute atomic E-state index is 0. The Morgan fingerprint density at radius 2 is 1.43 bits per heavy atom. The fourth-order valence-electron chi connectivity index (χ4n) is 7.37. The van der Waals surface area contributed by atoms with Gasteiger partial charge in [-0.2, -0.15) is 0 Å². The van der Waals surface area contributed by atoms with E-state index in [0.29, 0.717) is 11.4 Å². The van der Waals surface area contributed by atoms with E-state index in [2.05, 4.69) is 129 Å². The predicted octanol–water partition coefficient (Wildman–Crippen LogP) is 13.2. The van der Waals surface area contributed by atoms with Gasteiger partial charge in [0.05, 0.1) is 16.6 Å². The third-order valence-electron chi connectivity index (χ3n) is 10.5. The van der Waals surface area contributed by atoms with E-state index in [-0.39, 0.29) is 32.2 Å². The van der Waals surface area contributed by atoms with E-state index < -0.39 is 5.89 Å². The predicted molar refractivity (Wildman–Crippen MR) is 229 cm³/mol. The molecule has 0 atom stereocenters. The molecule has 0 fully saturated rings. The van der Waals surface area contributed by atoms with Gasteiger partial charge in [-0.25, -0.2) is 4.98 Å². The van der Waals surface area contributed by atoms with Crippen molar-refractivity contribution in [2.75, 3.05) is 0 Å². The Bertz CT molecular complexity index is 2700. The summed E-state index contributed by atoms with van der Waals surface area (Å²) >= 11 is 0. The van der Waals surface area contributed by atoms with E-state index in [1.54, 1.807) is 6.07 Å². The molecule has 8 rings (SSSR count). The summed E-state index contributed by atoms with van der Waals surface area (Å²) in [6, 6.07) is 51.5. The molecule has 282 valence electrons. The number of nitrogens with zero attached hydrogens (tertiary/aromatic N) is 3. The van der Waals surface area contributed by atoms with Gasteiger partial charge in [0.25, 0.3) is 0 Å². The van der Waals surface area contributed by atoms with Gasteiger partial charge < -0.3 is 5.11 Å². The van der Waals surface area contributed by atoms with Gasteiger partial charge in [0.1, 0.15) is 11.6 Å². The van der Waals surface area contributed by atoms with Crippen LogP contribution < -0.4 is 0 Å². The Morgan fingerprint density at radius 1 is 0.714 bits per heavy atom. The zero-order chi connectivity index (χ0) is 39.2. The summed E-state index contributed by atoms with van der Waals surface area (Å²) in [6.07, 6.45) is 2.72. The molecule has 5 heteroatoms. The van der Waals surface area contributed by atoms with Crippen molar-refractivity contribution in [3.63, 3.8) is 0 Å². The summed E-state index contributed by atoms with van der Waals surface area (Å²) in [7, 11) is 0. The van der Waals surface area contributed by atoms with Gasteiger partial charge in [-0.15, -0.1) is 29.3 Å². The Kier molecular flexibility index (Phi) is 10.6. The Hall–Kier alpha value is -5.57. The van der Waals surface area contributed by atoms with E-state index in [4.69, 9.17) is 11.3 Å². The average molecular weight is 913 g/mol. The van der Waals surface area contributed by atoms with Crippen molar-refractivity contribution in [1.82, 2.24) is 14.5 Å². The summed E-state index contributed by atoms with van der Waals surface area (Å²) in [4.78, 5) is 10.2. The van der Waals surface area contributed by atoms with Crippen molar-refractivity contribution in [2.45, 2.75) is 59.3 Å². The number of pyridine rings is 1. The second-order valence-electron chi connectivity index (χ2n) is 15.5. The SMILES string of the molecule is [2H]C(C)(C)c1ccc(-c2ccnc(-c3[c-]c(-c4cccc5c4nc(-c4ccccc4O)n5-c4ccc(-c5ccccc5)c(CC)c4)cc(C(C)(C)C)c3)c2)cc1.[Pt]. The first-order valence-electron chi connectivity index (χ1n) is 19.5. The largest absolute Gasteiger partial charge is 0.507 e. The van der Waals surface area contributed by atoms with Gasteiger partial charge in [0, 0.05) is 40.0 Å². The van der Waals surface area contributed by atoms with Crippen LogP contribution in [0.2, 0.25) is 0 Å². The summed E-state index contributed by atoms with van der Waals surface area (Å²) in [6.45, 7) is 12.7. The van der Waals surface area contributed by atoms with Crippen molar-refractivity contribution in [1.29, 1.82) is 0 Å². The van der Waals surface area contributed by atoms with Crippen LogP contribution >= 0.6 is 0 Å². The molecule has 0 aliphatic carbocycles. The van der Waals surface area contributed by atoms with Crippen LogP contribution in [0.5, 0.6) is 5.75 Å². The van der Waals surface area contributed by atoms with Crippen molar-refractivity contribution in [3.05, 3.63) is 168 Å². The number of aromatic nitrogens is 3. The van der Waals surface area contributed by atoms with Gasteiger partial charge in [0.2, 0.25) is 0 Å². The van der Waals surface area contributed by atoms with E-state index >= 15 is 0 Å². The molecule has 0 bridgehead atoms. The number of aryl methyl sites for hydroxylation is 1. The molecule has 8 aromatic rings. The van der Waals surface area contributed by atoms with E-state index in [0.717, 1.165) is 67.8 Å². The topological polar surface area (TPSA) is 50.9 Å². The van der Waals surface area contributed by atoms with Gasteiger partial charge in [0.15, 0.2) is 0 Å². The zero-order valence-electron chi connectivity index (χ0n) is 33.7. The average Bonchev–Trinajstić information content (AvgIpc) is 3.60. The van der Waals surface area contributed by atoms with Crippen LogP contribution in [0.4, 0.5) is 0 Å². The summed E-state index contributed by atoms with van der Waals surface area (Å²) < 4.78 is 10.6. The Balaban J connectivity index is 0.00000496. The van der Waals surface area contributed by atoms with Crippen molar-refractivity contribution in [3.8, 4) is 67.5 Å². The van der Waals surface area contributed by atoms with E-state index in [9.17, 15) is 5.11 Å². The van der Waals surface area contributed by atoms with Crippen LogP contribution in [0.1, 0.15) is 65.5 Å². The monoisotopic (exact) mass is 912 g/mol. The molecule has 1 N–H and O–H groups in total. The first kappa shape index (κ1) is 37.4. The van der Waals surface area contributed by atoms with Gasteiger partial charge >= 0.3 is 0 Å². The Labute approximate surface area is 346 Å². The Morgan fingerprint density at radius 3 is 2.14 bits per heavy atom. The molecule has 0 unspecified atom stereocenters. The first-order valence-corrected chi connectivity index (χ1v) is 19.0. The molecule has 0 spiro atoms. The third-order valence-corrected chi connectivity index (χ3v) is 10.5. The maximum Gasteiger partial charge on any atom is 0.148 e. The van der Waals surface area contributed by atoms with Crippen LogP contribution in [0.3, 0.4) is 0 Å². The van der Waals surface area contributed by atoms with Crippen LogP contribution in [-0.4, -0.2) is 19.6 Å². The van der Waals surface area contributed by atoms with Crippen LogP contribution in [-0.2, 0) is 32.9 Å². The molecule has 0 radical (unpaired) electrons. The fourth-order valence-corrected chi connectivity index (χ4v) is 7.37. The number of fused-ring (bicyclic) bond motifs is 1. The molecule has 2 aromatic heterocycles. The summed E-state index contributed by atoms with van der Waals surface area (Å²) in [5, 5.41) is 11.2. The van der Waals surface area contributed by atoms with Gasteiger partial charge in [-0.1, -0.05) is 144 Å². The van der Waals surface area contributed by atoms with Crippen LogP contribution in [0.25, 0.3) is 72.7 Å². The second kappa shape index (κ2) is 15.9. The van der Waals surface area contributed by atoms with E-state index in [1.165, 1.54) is 16.7 Å². The van der Waals surface area contributed by atoms with Gasteiger partial charge in [-0.05, 0) is 87.5 Å².